The third-order valence-electron chi connectivity index (χ3n) is 2.78. The lowest BCUT2D eigenvalue weighted by molar-refractivity contribution is -0.141. The van der Waals surface area contributed by atoms with Crippen molar-refractivity contribution in [2.24, 2.45) is 7.05 Å². The van der Waals surface area contributed by atoms with E-state index in [1.54, 1.807) is 0 Å². The molecule has 112 valence electrons. The molecule has 2 rings (SSSR count). The lowest BCUT2D eigenvalue weighted by atomic mass is 10.1. The number of aromatic carboxylic acids is 1. The highest BCUT2D eigenvalue weighted by Gasteiger charge is 2.34. The van der Waals surface area contributed by atoms with Crippen LogP contribution < -0.4 is 4.74 Å². The number of nitrogens with zero attached hydrogens (tertiary/aromatic N) is 3. The number of hydrogen-bond acceptors (Lipinski definition) is 4. The SMILES string of the molecule is COc1nc(C(F)(F)F)ccc1-c1cnn(C)c1C(=O)O. The topological polar surface area (TPSA) is 77.2 Å². The largest absolute Gasteiger partial charge is 0.481 e. The maximum atomic E-state index is 12.6. The minimum Gasteiger partial charge on any atom is -0.481 e. The van der Waals surface area contributed by atoms with E-state index in [2.05, 4.69) is 10.1 Å². The minimum absolute atomic E-state index is 0.121. The van der Waals surface area contributed by atoms with Crippen LogP contribution in [0.25, 0.3) is 11.1 Å². The number of carboxylic acids is 1. The lowest BCUT2D eigenvalue weighted by Crippen LogP contribution is -2.10. The van der Waals surface area contributed by atoms with E-state index in [-0.39, 0.29) is 22.7 Å². The normalized spacial score (nSPS) is 11.5. The Bertz CT molecular complexity index is 695. The summed E-state index contributed by atoms with van der Waals surface area (Å²) in [6.07, 6.45) is -3.38. The monoisotopic (exact) mass is 301 g/mol. The second kappa shape index (κ2) is 5.08. The summed E-state index contributed by atoms with van der Waals surface area (Å²) in [6.45, 7) is 0. The Kier molecular flexibility index (Phi) is 3.58. The number of methoxy groups -OCH3 is 1. The first-order valence-corrected chi connectivity index (χ1v) is 5.63. The number of ether oxygens (including phenoxy) is 1. The molecular weight excluding hydrogens is 291 g/mol. The van der Waals surface area contributed by atoms with Crippen molar-refractivity contribution in [2.45, 2.75) is 6.18 Å². The predicted molar refractivity (Wildman–Crippen MR) is 65.0 cm³/mol. The molecule has 6 nitrogen and oxygen atoms in total. The predicted octanol–water partition coefficient (Wildman–Crippen LogP) is 2.21. The van der Waals surface area contributed by atoms with Crippen LogP contribution in [-0.4, -0.2) is 33.0 Å². The van der Waals surface area contributed by atoms with Crippen LogP contribution in [-0.2, 0) is 13.2 Å². The van der Waals surface area contributed by atoms with Crippen molar-refractivity contribution in [1.82, 2.24) is 14.8 Å². The number of rotatable bonds is 3. The van der Waals surface area contributed by atoms with Gasteiger partial charge >= 0.3 is 12.1 Å². The molecule has 2 aromatic heterocycles. The molecule has 2 aromatic rings. The molecule has 0 aliphatic heterocycles. The van der Waals surface area contributed by atoms with Gasteiger partial charge in [-0.15, -0.1) is 0 Å². The first kappa shape index (κ1) is 14.8. The molecular formula is C12H10F3N3O3. The standard InChI is InChI=1S/C12H10F3N3O3/c1-18-9(11(19)20)7(5-16-18)6-3-4-8(12(13,14)15)17-10(6)21-2/h3-5H,1-2H3,(H,19,20). The van der Waals surface area contributed by atoms with E-state index in [9.17, 15) is 18.0 Å². The van der Waals surface area contributed by atoms with Gasteiger partial charge in [0.05, 0.1) is 13.3 Å². The molecule has 0 atom stereocenters. The minimum atomic E-state index is -4.61. The van der Waals surface area contributed by atoms with E-state index in [0.29, 0.717) is 0 Å². The van der Waals surface area contributed by atoms with Crippen molar-refractivity contribution in [1.29, 1.82) is 0 Å². The Hall–Kier alpha value is -2.58. The van der Waals surface area contributed by atoms with Gasteiger partial charge in [0.2, 0.25) is 5.88 Å². The van der Waals surface area contributed by atoms with E-state index in [1.165, 1.54) is 13.2 Å². The van der Waals surface area contributed by atoms with Crippen LogP contribution in [0.2, 0.25) is 0 Å². The highest BCUT2D eigenvalue weighted by Crippen LogP contribution is 2.35. The Morgan fingerprint density at radius 2 is 2.00 bits per heavy atom. The molecule has 0 aliphatic carbocycles. The summed E-state index contributed by atoms with van der Waals surface area (Å²) in [5.74, 6) is -1.58. The van der Waals surface area contributed by atoms with Crippen molar-refractivity contribution in [3.63, 3.8) is 0 Å². The quantitative estimate of drug-likeness (QED) is 0.940. The number of carbonyl (C=O) groups is 1. The molecule has 0 bridgehead atoms. The van der Waals surface area contributed by atoms with Gasteiger partial charge in [-0.2, -0.15) is 18.3 Å². The molecule has 0 aliphatic rings. The number of pyridine rings is 1. The van der Waals surface area contributed by atoms with Crippen molar-refractivity contribution in [3.05, 3.63) is 29.7 Å². The summed E-state index contributed by atoms with van der Waals surface area (Å²) in [4.78, 5) is 14.6. The number of aryl methyl sites for hydroxylation is 1. The van der Waals surface area contributed by atoms with Crippen LogP contribution in [0.3, 0.4) is 0 Å². The van der Waals surface area contributed by atoms with Gasteiger partial charge in [-0.3, -0.25) is 4.68 Å². The summed E-state index contributed by atoms with van der Waals surface area (Å²) in [7, 11) is 2.57. The molecule has 0 saturated heterocycles. The molecule has 0 saturated carbocycles. The number of hydrogen-bond donors (Lipinski definition) is 1. The molecule has 0 fully saturated rings. The van der Waals surface area contributed by atoms with Crippen LogP contribution in [0.15, 0.2) is 18.3 Å². The van der Waals surface area contributed by atoms with E-state index >= 15 is 0 Å². The van der Waals surface area contributed by atoms with Gasteiger partial charge in [0, 0.05) is 18.2 Å². The first-order chi connectivity index (χ1) is 9.75. The second-order valence-corrected chi connectivity index (χ2v) is 4.09. The van der Waals surface area contributed by atoms with Gasteiger partial charge < -0.3 is 9.84 Å². The van der Waals surface area contributed by atoms with Gasteiger partial charge in [0.15, 0.2) is 5.69 Å². The van der Waals surface area contributed by atoms with Gasteiger partial charge in [-0.05, 0) is 12.1 Å². The number of halogens is 3. The fraction of sp³-hybridized carbons (Fsp3) is 0.250. The van der Waals surface area contributed by atoms with Crippen LogP contribution in [0.1, 0.15) is 16.2 Å². The first-order valence-electron chi connectivity index (χ1n) is 5.63. The van der Waals surface area contributed by atoms with Gasteiger partial charge in [-0.25, -0.2) is 9.78 Å². The zero-order valence-corrected chi connectivity index (χ0v) is 11.0. The van der Waals surface area contributed by atoms with E-state index < -0.39 is 17.8 Å². The molecule has 21 heavy (non-hydrogen) atoms. The van der Waals surface area contributed by atoms with Crippen LogP contribution in [0.5, 0.6) is 5.88 Å². The molecule has 0 radical (unpaired) electrons. The zero-order chi connectivity index (χ0) is 15.8. The van der Waals surface area contributed by atoms with Crippen LogP contribution >= 0.6 is 0 Å². The van der Waals surface area contributed by atoms with E-state index in [1.807, 2.05) is 0 Å². The summed E-state index contributed by atoms with van der Waals surface area (Å²) in [6, 6.07) is 1.87. The van der Waals surface area contributed by atoms with Crippen molar-refractivity contribution in [2.75, 3.05) is 7.11 Å². The average Bonchev–Trinajstić information content (AvgIpc) is 2.78. The van der Waals surface area contributed by atoms with Gasteiger partial charge in [0.25, 0.3) is 0 Å². The third kappa shape index (κ3) is 2.67. The highest BCUT2D eigenvalue weighted by atomic mass is 19.4. The van der Waals surface area contributed by atoms with Crippen LogP contribution in [0.4, 0.5) is 13.2 Å². The van der Waals surface area contributed by atoms with Crippen molar-refractivity contribution < 1.29 is 27.8 Å². The molecule has 2 heterocycles. The fourth-order valence-corrected chi connectivity index (χ4v) is 1.85. The smallest absolute Gasteiger partial charge is 0.433 e. The Morgan fingerprint density at radius 1 is 1.33 bits per heavy atom. The second-order valence-electron chi connectivity index (χ2n) is 4.09. The Morgan fingerprint density at radius 3 is 2.52 bits per heavy atom. The number of alkyl halides is 3. The van der Waals surface area contributed by atoms with Gasteiger partial charge in [-0.1, -0.05) is 0 Å². The maximum Gasteiger partial charge on any atom is 0.433 e. The molecule has 0 aromatic carbocycles. The fourth-order valence-electron chi connectivity index (χ4n) is 1.85. The summed E-state index contributed by atoms with van der Waals surface area (Å²) >= 11 is 0. The summed E-state index contributed by atoms with van der Waals surface area (Å²) in [5, 5.41) is 12.9. The third-order valence-corrected chi connectivity index (χ3v) is 2.78. The van der Waals surface area contributed by atoms with E-state index in [0.717, 1.165) is 23.9 Å². The average molecular weight is 301 g/mol. The molecule has 1 N–H and O–H groups in total. The molecule has 0 amide bonds. The Balaban J connectivity index is 2.63. The van der Waals surface area contributed by atoms with E-state index in [4.69, 9.17) is 9.84 Å². The number of carboxylic acid groups (broad SMARTS) is 1. The van der Waals surface area contributed by atoms with Crippen molar-refractivity contribution in [3.8, 4) is 17.0 Å². The number of aromatic nitrogens is 3. The highest BCUT2D eigenvalue weighted by molar-refractivity contribution is 5.94. The summed E-state index contributed by atoms with van der Waals surface area (Å²) in [5.41, 5.74) is -1.04. The van der Waals surface area contributed by atoms with Gasteiger partial charge in [0.1, 0.15) is 5.69 Å². The zero-order valence-electron chi connectivity index (χ0n) is 11.0. The summed E-state index contributed by atoms with van der Waals surface area (Å²) < 4.78 is 43.8. The Labute approximate surface area is 116 Å². The molecule has 0 spiro atoms. The van der Waals surface area contributed by atoms with Crippen molar-refractivity contribution >= 4 is 5.97 Å². The maximum absolute atomic E-state index is 12.6. The molecule has 0 unspecified atom stereocenters. The van der Waals surface area contributed by atoms with Crippen LogP contribution in [0, 0.1) is 0 Å². The lowest BCUT2D eigenvalue weighted by Gasteiger charge is -2.11. The molecule has 9 heteroatoms.